The van der Waals surface area contributed by atoms with Gasteiger partial charge in [0, 0.05) is 19.6 Å². The number of rotatable bonds is 4. The first-order chi connectivity index (χ1) is 6.69. The van der Waals surface area contributed by atoms with Crippen LogP contribution in [0.5, 0.6) is 0 Å². The molecule has 0 aliphatic carbocycles. The molecule has 14 heavy (non-hydrogen) atoms. The molecule has 3 nitrogen and oxygen atoms in total. The van der Waals surface area contributed by atoms with Gasteiger partial charge in [-0.1, -0.05) is 0 Å². The minimum Gasteiger partial charge on any atom is -0.387 e. The Morgan fingerprint density at radius 3 is 2.64 bits per heavy atom. The van der Waals surface area contributed by atoms with E-state index in [0.29, 0.717) is 6.04 Å². The van der Waals surface area contributed by atoms with Gasteiger partial charge in [0.1, 0.15) is 0 Å². The second-order valence-electron chi connectivity index (χ2n) is 3.56. The Hall–Kier alpha value is -1.25. The van der Waals surface area contributed by atoms with Crippen LogP contribution in [0.3, 0.4) is 0 Å². The van der Waals surface area contributed by atoms with Gasteiger partial charge in [-0.3, -0.25) is 4.98 Å². The predicted molar refractivity (Wildman–Crippen MR) is 61.9 cm³/mol. The summed E-state index contributed by atoms with van der Waals surface area (Å²) >= 11 is 0. The number of nitrogens with zero attached hydrogens (tertiary/aromatic N) is 2. The molecule has 0 bridgehead atoms. The summed E-state index contributed by atoms with van der Waals surface area (Å²) in [5, 5.41) is 3.10. The van der Waals surface area contributed by atoms with Crippen molar-refractivity contribution in [1.29, 1.82) is 0 Å². The zero-order valence-corrected chi connectivity index (χ0v) is 9.41. The van der Waals surface area contributed by atoms with Crippen LogP contribution in [0.15, 0.2) is 18.5 Å². The molecule has 0 atom stereocenters. The van der Waals surface area contributed by atoms with Crippen molar-refractivity contribution >= 4 is 11.4 Å². The lowest BCUT2D eigenvalue weighted by molar-refractivity contribution is 0.702. The Bertz CT molecular complexity index is 284. The van der Waals surface area contributed by atoms with Crippen molar-refractivity contribution in [3.05, 3.63) is 18.5 Å². The maximum atomic E-state index is 4.20. The SMILES string of the molecule is CCN(c1cncc(NC)c1)C(C)C. The number of hydrogen-bond acceptors (Lipinski definition) is 3. The van der Waals surface area contributed by atoms with Gasteiger partial charge in [-0.05, 0) is 26.8 Å². The van der Waals surface area contributed by atoms with Crippen molar-refractivity contribution in [3.63, 3.8) is 0 Å². The standard InChI is InChI=1S/C11H19N3/c1-5-14(9(2)3)11-6-10(12-4)7-13-8-11/h6-9,12H,5H2,1-4H3. The Labute approximate surface area is 86.2 Å². The third kappa shape index (κ3) is 2.37. The summed E-state index contributed by atoms with van der Waals surface area (Å²) in [6.45, 7) is 7.55. The van der Waals surface area contributed by atoms with E-state index < -0.39 is 0 Å². The first-order valence-corrected chi connectivity index (χ1v) is 5.08. The van der Waals surface area contributed by atoms with E-state index >= 15 is 0 Å². The maximum absolute atomic E-state index is 4.20. The van der Waals surface area contributed by atoms with Gasteiger partial charge in [-0.15, -0.1) is 0 Å². The lowest BCUT2D eigenvalue weighted by Gasteiger charge is -2.27. The van der Waals surface area contributed by atoms with Crippen LogP contribution in [0.4, 0.5) is 11.4 Å². The molecule has 1 aromatic heterocycles. The molecular formula is C11H19N3. The summed E-state index contributed by atoms with van der Waals surface area (Å²) in [4.78, 5) is 6.52. The van der Waals surface area contributed by atoms with Crippen molar-refractivity contribution in [3.8, 4) is 0 Å². The van der Waals surface area contributed by atoms with E-state index in [1.54, 1.807) is 0 Å². The van der Waals surface area contributed by atoms with Crippen LogP contribution in [0.2, 0.25) is 0 Å². The van der Waals surface area contributed by atoms with Crippen molar-refractivity contribution in [2.45, 2.75) is 26.8 Å². The highest BCUT2D eigenvalue weighted by molar-refractivity contribution is 5.55. The van der Waals surface area contributed by atoms with Crippen LogP contribution >= 0.6 is 0 Å². The Morgan fingerprint density at radius 2 is 2.14 bits per heavy atom. The van der Waals surface area contributed by atoms with Gasteiger partial charge in [-0.2, -0.15) is 0 Å². The fraction of sp³-hybridized carbons (Fsp3) is 0.545. The molecule has 0 radical (unpaired) electrons. The molecule has 0 saturated carbocycles. The first kappa shape index (κ1) is 10.8. The Balaban J connectivity index is 2.92. The zero-order valence-electron chi connectivity index (χ0n) is 9.41. The smallest absolute Gasteiger partial charge is 0.0575 e. The molecule has 1 rings (SSSR count). The van der Waals surface area contributed by atoms with Gasteiger partial charge in [0.05, 0.1) is 23.8 Å². The molecule has 0 unspecified atom stereocenters. The first-order valence-electron chi connectivity index (χ1n) is 5.08. The summed E-state index contributed by atoms with van der Waals surface area (Å²) < 4.78 is 0. The molecule has 0 amide bonds. The van der Waals surface area contributed by atoms with Crippen molar-refractivity contribution in [1.82, 2.24) is 4.98 Å². The highest BCUT2D eigenvalue weighted by Gasteiger charge is 2.08. The second-order valence-corrected chi connectivity index (χ2v) is 3.56. The zero-order chi connectivity index (χ0) is 10.6. The monoisotopic (exact) mass is 193 g/mol. The maximum Gasteiger partial charge on any atom is 0.0575 e. The average molecular weight is 193 g/mol. The minimum absolute atomic E-state index is 0.508. The highest BCUT2D eigenvalue weighted by Crippen LogP contribution is 2.19. The van der Waals surface area contributed by atoms with E-state index in [9.17, 15) is 0 Å². The van der Waals surface area contributed by atoms with Crippen molar-refractivity contribution in [2.24, 2.45) is 0 Å². The van der Waals surface area contributed by atoms with Gasteiger partial charge >= 0.3 is 0 Å². The normalized spacial score (nSPS) is 10.4. The van der Waals surface area contributed by atoms with Gasteiger partial charge in [0.25, 0.3) is 0 Å². The number of nitrogens with one attached hydrogen (secondary N) is 1. The Kier molecular flexibility index (Phi) is 3.74. The van der Waals surface area contributed by atoms with Crippen LogP contribution in [0, 0.1) is 0 Å². The summed E-state index contributed by atoms with van der Waals surface area (Å²) in [6.07, 6.45) is 3.74. The molecule has 0 aliphatic rings. The third-order valence-corrected chi connectivity index (χ3v) is 2.31. The molecule has 1 N–H and O–H groups in total. The van der Waals surface area contributed by atoms with E-state index in [-0.39, 0.29) is 0 Å². The molecule has 0 saturated heterocycles. The number of hydrogen-bond donors (Lipinski definition) is 1. The molecule has 78 valence electrons. The van der Waals surface area contributed by atoms with Crippen LogP contribution < -0.4 is 10.2 Å². The van der Waals surface area contributed by atoms with E-state index in [4.69, 9.17) is 0 Å². The summed E-state index contributed by atoms with van der Waals surface area (Å²) in [7, 11) is 1.91. The van der Waals surface area contributed by atoms with E-state index in [2.05, 4.69) is 42.0 Å². The van der Waals surface area contributed by atoms with Crippen LogP contribution in [-0.4, -0.2) is 24.6 Å². The van der Waals surface area contributed by atoms with Crippen LogP contribution in [-0.2, 0) is 0 Å². The highest BCUT2D eigenvalue weighted by atomic mass is 15.2. The fourth-order valence-corrected chi connectivity index (χ4v) is 1.57. The minimum atomic E-state index is 0.508. The number of anilines is 2. The number of aromatic nitrogens is 1. The molecule has 0 spiro atoms. The second kappa shape index (κ2) is 4.84. The molecular weight excluding hydrogens is 174 g/mol. The molecule has 1 heterocycles. The largest absolute Gasteiger partial charge is 0.387 e. The lowest BCUT2D eigenvalue weighted by Crippen LogP contribution is -2.30. The molecule has 0 fully saturated rings. The van der Waals surface area contributed by atoms with E-state index in [1.807, 2.05) is 19.4 Å². The number of pyridine rings is 1. The predicted octanol–water partition coefficient (Wildman–Crippen LogP) is 2.36. The summed E-state index contributed by atoms with van der Waals surface area (Å²) in [6, 6.07) is 2.63. The van der Waals surface area contributed by atoms with E-state index in [1.165, 1.54) is 5.69 Å². The van der Waals surface area contributed by atoms with Crippen LogP contribution in [0.1, 0.15) is 20.8 Å². The topological polar surface area (TPSA) is 28.2 Å². The van der Waals surface area contributed by atoms with Gasteiger partial charge < -0.3 is 10.2 Å². The third-order valence-electron chi connectivity index (χ3n) is 2.31. The summed E-state index contributed by atoms with van der Waals surface area (Å²) in [5.74, 6) is 0. The average Bonchev–Trinajstić information content (AvgIpc) is 2.19. The van der Waals surface area contributed by atoms with Crippen molar-refractivity contribution < 1.29 is 0 Å². The Morgan fingerprint density at radius 1 is 1.43 bits per heavy atom. The fourth-order valence-electron chi connectivity index (χ4n) is 1.57. The summed E-state index contributed by atoms with van der Waals surface area (Å²) in [5.41, 5.74) is 2.23. The van der Waals surface area contributed by atoms with E-state index in [0.717, 1.165) is 12.2 Å². The van der Waals surface area contributed by atoms with Gasteiger partial charge in [0.15, 0.2) is 0 Å². The van der Waals surface area contributed by atoms with Gasteiger partial charge in [0.2, 0.25) is 0 Å². The molecule has 3 heteroatoms. The van der Waals surface area contributed by atoms with Gasteiger partial charge in [-0.25, -0.2) is 0 Å². The molecule has 0 aliphatic heterocycles. The van der Waals surface area contributed by atoms with Crippen LogP contribution in [0.25, 0.3) is 0 Å². The lowest BCUT2D eigenvalue weighted by atomic mass is 10.2. The van der Waals surface area contributed by atoms with Crippen molar-refractivity contribution in [2.75, 3.05) is 23.8 Å². The molecule has 1 aromatic rings. The quantitative estimate of drug-likeness (QED) is 0.795. The molecule has 0 aromatic carbocycles.